The van der Waals surface area contributed by atoms with Gasteiger partial charge in [0.15, 0.2) is 0 Å². The van der Waals surface area contributed by atoms with Crippen molar-refractivity contribution in [3.8, 4) is 0 Å². The standard InChI is InChI=1S/C27H50O4/c1-3-5-7-9-11-13-14-15-17-19-21-25(24-23-26(28)31-27(24)29)30-22-20-18-16-12-10-8-6-4-2/h23,25,27,29H,3-22H2,1-2H3. The van der Waals surface area contributed by atoms with E-state index >= 15 is 0 Å². The van der Waals surface area contributed by atoms with Gasteiger partial charge in [-0.3, -0.25) is 0 Å². The van der Waals surface area contributed by atoms with Crippen LogP contribution in [0, 0.1) is 0 Å². The predicted octanol–water partition coefficient (Wildman–Crippen LogP) is 7.62. The summed E-state index contributed by atoms with van der Waals surface area (Å²) in [5.41, 5.74) is 0.612. The van der Waals surface area contributed by atoms with Crippen LogP contribution in [-0.2, 0) is 14.3 Å². The lowest BCUT2D eigenvalue weighted by Crippen LogP contribution is -2.24. The van der Waals surface area contributed by atoms with E-state index in [4.69, 9.17) is 9.47 Å². The smallest absolute Gasteiger partial charge is 0.333 e. The molecule has 1 aliphatic heterocycles. The van der Waals surface area contributed by atoms with Gasteiger partial charge >= 0.3 is 5.97 Å². The molecule has 4 nitrogen and oxygen atoms in total. The molecule has 4 heteroatoms. The fraction of sp³-hybridized carbons (Fsp3) is 0.889. The van der Waals surface area contributed by atoms with Crippen molar-refractivity contribution in [1.82, 2.24) is 0 Å². The van der Waals surface area contributed by atoms with E-state index < -0.39 is 12.3 Å². The van der Waals surface area contributed by atoms with Crippen molar-refractivity contribution in [2.24, 2.45) is 0 Å². The summed E-state index contributed by atoms with van der Waals surface area (Å²) in [5, 5.41) is 10.0. The first-order valence-electron chi connectivity index (χ1n) is 13.4. The van der Waals surface area contributed by atoms with Crippen molar-refractivity contribution in [2.45, 2.75) is 148 Å². The van der Waals surface area contributed by atoms with Crippen molar-refractivity contribution >= 4 is 5.97 Å². The zero-order valence-electron chi connectivity index (χ0n) is 20.5. The number of carbonyl (C=O) groups is 1. The van der Waals surface area contributed by atoms with Crippen LogP contribution in [0.4, 0.5) is 0 Å². The number of carbonyl (C=O) groups excluding carboxylic acids is 1. The summed E-state index contributed by atoms with van der Waals surface area (Å²) < 4.78 is 11.0. The van der Waals surface area contributed by atoms with Gasteiger partial charge in [-0.05, 0) is 12.8 Å². The van der Waals surface area contributed by atoms with Gasteiger partial charge in [0.05, 0.1) is 6.10 Å². The van der Waals surface area contributed by atoms with E-state index in [2.05, 4.69) is 13.8 Å². The van der Waals surface area contributed by atoms with Crippen molar-refractivity contribution in [2.75, 3.05) is 6.61 Å². The molecule has 1 rings (SSSR count). The van der Waals surface area contributed by atoms with Crippen LogP contribution < -0.4 is 0 Å². The molecule has 0 saturated carbocycles. The first kappa shape index (κ1) is 28.2. The van der Waals surface area contributed by atoms with Gasteiger partial charge in [0.25, 0.3) is 0 Å². The summed E-state index contributed by atoms with van der Waals surface area (Å²) >= 11 is 0. The van der Waals surface area contributed by atoms with Crippen molar-refractivity contribution < 1.29 is 19.4 Å². The Labute approximate surface area is 192 Å². The maximum absolute atomic E-state index is 11.5. The molecule has 0 aromatic carbocycles. The van der Waals surface area contributed by atoms with Gasteiger partial charge in [-0.2, -0.15) is 0 Å². The molecule has 0 aromatic rings. The largest absolute Gasteiger partial charge is 0.429 e. The lowest BCUT2D eigenvalue weighted by atomic mass is 10.0. The molecule has 2 unspecified atom stereocenters. The van der Waals surface area contributed by atoms with Crippen molar-refractivity contribution in [3.05, 3.63) is 11.6 Å². The minimum atomic E-state index is -1.13. The number of esters is 1. The summed E-state index contributed by atoms with van der Waals surface area (Å²) in [7, 11) is 0. The molecule has 0 amide bonds. The lowest BCUT2D eigenvalue weighted by molar-refractivity contribution is -0.152. The highest BCUT2D eigenvalue weighted by Gasteiger charge is 2.30. The molecule has 0 saturated heterocycles. The van der Waals surface area contributed by atoms with E-state index in [1.54, 1.807) is 0 Å². The normalized spacial score (nSPS) is 17.1. The average molecular weight is 439 g/mol. The van der Waals surface area contributed by atoms with Gasteiger partial charge < -0.3 is 14.6 Å². The molecule has 0 spiro atoms. The van der Waals surface area contributed by atoms with Gasteiger partial charge in [-0.25, -0.2) is 4.79 Å². The third kappa shape index (κ3) is 14.7. The molecule has 0 radical (unpaired) electrons. The fourth-order valence-electron chi connectivity index (χ4n) is 4.30. The highest BCUT2D eigenvalue weighted by molar-refractivity contribution is 5.85. The highest BCUT2D eigenvalue weighted by atomic mass is 16.6. The zero-order valence-corrected chi connectivity index (χ0v) is 20.5. The number of ether oxygens (including phenoxy) is 2. The van der Waals surface area contributed by atoms with E-state index in [1.807, 2.05) is 0 Å². The number of aliphatic hydroxyl groups excluding tert-OH is 1. The van der Waals surface area contributed by atoms with Crippen LogP contribution in [0.5, 0.6) is 0 Å². The van der Waals surface area contributed by atoms with Crippen LogP contribution in [0.2, 0.25) is 0 Å². The Morgan fingerprint density at radius 1 is 0.774 bits per heavy atom. The third-order valence-electron chi connectivity index (χ3n) is 6.31. The van der Waals surface area contributed by atoms with Crippen LogP contribution in [0.15, 0.2) is 11.6 Å². The summed E-state index contributed by atoms with van der Waals surface area (Å²) in [5.74, 6) is -0.453. The van der Waals surface area contributed by atoms with Crippen LogP contribution in [0.1, 0.15) is 136 Å². The molecule has 31 heavy (non-hydrogen) atoms. The monoisotopic (exact) mass is 438 g/mol. The highest BCUT2D eigenvalue weighted by Crippen LogP contribution is 2.24. The number of cyclic esters (lactones) is 1. The zero-order chi connectivity index (χ0) is 22.6. The van der Waals surface area contributed by atoms with Gasteiger partial charge in [-0.1, -0.05) is 123 Å². The Kier molecular flexibility index (Phi) is 18.0. The fourth-order valence-corrected chi connectivity index (χ4v) is 4.30. The maximum atomic E-state index is 11.5. The molecule has 0 bridgehead atoms. The molecular formula is C27H50O4. The van der Waals surface area contributed by atoms with Crippen LogP contribution in [0.3, 0.4) is 0 Å². The topological polar surface area (TPSA) is 55.8 Å². The summed E-state index contributed by atoms with van der Waals surface area (Å²) in [6, 6.07) is 0. The van der Waals surface area contributed by atoms with Crippen LogP contribution in [-0.4, -0.2) is 30.1 Å². The van der Waals surface area contributed by atoms with E-state index in [-0.39, 0.29) is 6.10 Å². The molecule has 1 aliphatic rings. The maximum Gasteiger partial charge on any atom is 0.333 e. The lowest BCUT2D eigenvalue weighted by Gasteiger charge is -2.21. The number of hydrogen-bond donors (Lipinski definition) is 1. The Morgan fingerprint density at radius 2 is 1.23 bits per heavy atom. The molecule has 0 aromatic heterocycles. The molecule has 1 N–H and O–H groups in total. The SMILES string of the molecule is CCCCCCCCCCCCC(OCCCCCCCCCC)C1=CC(=O)OC1O. The minimum absolute atomic E-state index is 0.194. The number of unbranched alkanes of at least 4 members (excludes halogenated alkanes) is 16. The first-order chi connectivity index (χ1) is 15.2. The molecule has 2 atom stereocenters. The van der Waals surface area contributed by atoms with Crippen LogP contribution >= 0.6 is 0 Å². The quantitative estimate of drug-likeness (QED) is 0.139. The van der Waals surface area contributed by atoms with Crippen molar-refractivity contribution in [3.63, 3.8) is 0 Å². The molecule has 1 heterocycles. The minimum Gasteiger partial charge on any atom is -0.429 e. The van der Waals surface area contributed by atoms with Crippen molar-refractivity contribution in [1.29, 1.82) is 0 Å². The number of hydrogen-bond acceptors (Lipinski definition) is 4. The predicted molar refractivity (Wildman–Crippen MR) is 129 cm³/mol. The van der Waals surface area contributed by atoms with Gasteiger partial charge in [0.1, 0.15) is 0 Å². The van der Waals surface area contributed by atoms with Crippen LogP contribution in [0.25, 0.3) is 0 Å². The second-order valence-electron chi connectivity index (χ2n) is 9.24. The third-order valence-corrected chi connectivity index (χ3v) is 6.31. The number of aliphatic hydroxyl groups is 1. The summed E-state index contributed by atoms with van der Waals surface area (Å²) in [4.78, 5) is 11.5. The Hall–Kier alpha value is -0.870. The Balaban J connectivity index is 2.18. The van der Waals surface area contributed by atoms with E-state index in [1.165, 1.54) is 109 Å². The van der Waals surface area contributed by atoms with E-state index in [9.17, 15) is 9.90 Å². The van der Waals surface area contributed by atoms with E-state index in [0.29, 0.717) is 12.2 Å². The van der Waals surface area contributed by atoms with Gasteiger partial charge in [0, 0.05) is 18.3 Å². The van der Waals surface area contributed by atoms with Gasteiger partial charge in [0.2, 0.25) is 6.29 Å². The molecular weight excluding hydrogens is 388 g/mol. The summed E-state index contributed by atoms with van der Waals surface area (Å²) in [6.45, 7) is 5.20. The number of rotatable bonds is 22. The second kappa shape index (κ2) is 19.8. The summed E-state index contributed by atoms with van der Waals surface area (Å²) in [6.07, 6.45) is 24.1. The molecule has 0 aliphatic carbocycles. The Bertz CT molecular complexity index is 460. The van der Waals surface area contributed by atoms with E-state index in [0.717, 1.165) is 19.3 Å². The Morgan fingerprint density at radius 3 is 1.68 bits per heavy atom. The molecule has 0 fully saturated rings. The average Bonchev–Trinajstić information content (AvgIpc) is 3.10. The van der Waals surface area contributed by atoms with Gasteiger partial charge in [-0.15, -0.1) is 0 Å². The second-order valence-corrected chi connectivity index (χ2v) is 9.24. The molecule has 182 valence electrons. The first-order valence-corrected chi connectivity index (χ1v) is 13.4.